The molecule has 4 saturated carbocycles. The highest BCUT2D eigenvalue weighted by Gasteiger charge is 2.67. The second kappa shape index (κ2) is 3.60. The first-order valence-electron chi connectivity index (χ1n) is 7.83. The molecule has 0 heterocycles. The van der Waals surface area contributed by atoms with E-state index in [9.17, 15) is 9.90 Å². The minimum atomic E-state index is -0.629. The summed E-state index contributed by atoms with van der Waals surface area (Å²) in [7, 11) is 0. The summed E-state index contributed by atoms with van der Waals surface area (Å²) < 4.78 is 6.01. The van der Waals surface area contributed by atoms with Crippen molar-refractivity contribution in [2.45, 2.75) is 84.3 Å². The van der Waals surface area contributed by atoms with Crippen molar-refractivity contribution < 1.29 is 14.6 Å². The Hall–Kier alpha value is -0.570. The molecule has 0 aliphatic heterocycles. The Kier molecular flexibility index (Phi) is 2.59. The molecule has 4 aliphatic carbocycles. The first-order chi connectivity index (χ1) is 8.87. The Labute approximate surface area is 122 Å². The van der Waals surface area contributed by atoms with Crippen molar-refractivity contribution in [2.75, 3.05) is 0 Å². The summed E-state index contributed by atoms with van der Waals surface area (Å²) in [4.78, 5) is 12.4. The molecule has 0 aromatic carbocycles. The third kappa shape index (κ3) is 2.18. The SMILES string of the molecule is CC12CC3(C)CC(O)(C1)CC(OC(=O)C(C)(C)C)(C2)C3. The quantitative estimate of drug-likeness (QED) is 0.748. The number of hydrogen-bond donors (Lipinski definition) is 1. The summed E-state index contributed by atoms with van der Waals surface area (Å²) in [6.45, 7) is 10.2. The Morgan fingerprint density at radius 1 is 0.950 bits per heavy atom. The van der Waals surface area contributed by atoms with Crippen LogP contribution in [0.15, 0.2) is 0 Å². The predicted octanol–water partition coefficient (Wildman–Crippen LogP) is 3.44. The number of esters is 1. The van der Waals surface area contributed by atoms with Crippen LogP contribution in [0.1, 0.15) is 73.1 Å². The van der Waals surface area contributed by atoms with Gasteiger partial charge in [0, 0.05) is 6.42 Å². The molecular weight excluding hydrogens is 252 g/mol. The molecule has 3 heteroatoms. The normalized spacial score (nSPS) is 50.3. The monoisotopic (exact) mass is 280 g/mol. The number of ether oxygens (including phenoxy) is 1. The molecule has 1 N–H and O–H groups in total. The van der Waals surface area contributed by atoms with Crippen LogP contribution in [0.5, 0.6) is 0 Å². The fraction of sp³-hybridized carbons (Fsp3) is 0.941. The van der Waals surface area contributed by atoms with Crippen LogP contribution < -0.4 is 0 Å². The van der Waals surface area contributed by atoms with Crippen LogP contribution in [0.4, 0.5) is 0 Å². The van der Waals surface area contributed by atoms with Gasteiger partial charge in [-0.25, -0.2) is 0 Å². The van der Waals surface area contributed by atoms with Gasteiger partial charge in [0.25, 0.3) is 0 Å². The minimum absolute atomic E-state index is 0.121. The smallest absolute Gasteiger partial charge is 0.311 e. The number of rotatable bonds is 1. The molecule has 0 radical (unpaired) electrons. The van der Waals surface area contributed by atoms with E-state index in [0.29, 0.717) is 6.42 Å². The molecule has 4 aliphatic rings. The third-order valence-electron chi connectivity index (χ3n) is 5.44. The number of aliphatic hydroxyl groups is 1. The first kappa shape index (κ1) is 14.4. The summed E-state index contributed by atoms with van der Waals surface area (Å²) in [5, 5.41) is 10.9. The van der Waals surface area contributed by atoms with Gasteiger partial charge in [-0.3, -0.25) is 4.79 Å². The Morgan fingerprint density at radius 3 is 1.85 bits per heavy atom. The van der Waals surface area contributed by atoms with Gasteiger partial charge < -0.3 is 9.84 Å². The molecular formula is C17H28O3. The summed E-state index contributed by atoms with van der Waals surface area (Å²) in [5.41, 5.74) is -1.30. The molecule has 20 heavy (non-hydrogen) atoms. The summed E-state index contributed by atoms with van der Waals surface area (Å²) in [5.74, 6) is -0.129. The molecule has 114 valence electrons. The van der Waals surface area contributed by atoms with Gasteiger partial charge in [-0.15, -0.1) is 0 Å². The maximum absolute atomic E-state index is 12.4. The number of carbonyl (C=O) groups excluding carboxylic acids is 1. The maximum atomic E-state index is 12.4. The molecule has 3 nitrogen and oxygen atoms in total. The molecule has 0 spiro atoms. The maximum Gasteiger partial charge on any atom is 0.311 e. The molecule has 0 amide bonds. The van der Waals surface area contributed by atoms with Gasteiger partial charge in [0.2, 0.25) is 0 Å². The highest BCUT2D eigenvalue weighted by molar-refractivity contribution is 5.76. The van der Waals surface area contributed by atoms with Gasteiger partial charge in [-0.2, -0.15) is 0 Å². The van der Waals surface area contributed by atoms with Crippen LogP contribution >= 0.6 is 0 Å². The largest absolute Gasteiger partial charge is 0.459 e. The van der Waals surface area contributed by atoms with Crippen molar-refractivity contribution in [1.29, 1.82) is 0 Å². The van der Waals surface area contributed by atoms with Gasteiger partial charge >= 0.3 is 5.97 Å². The van der Waals surface area contributed by atoms with Crippen molar-refractivity contribution in [2.24, 2.45) is 16.2 Å². The average molecular weight is 280 g/mol. The van der Waals surface area contributed by atoms with Gasteiger partial charge in [0.1, 0.15) is 5.60 Å². The molecule has 0 aromatic rings. The Bertz CT molecular complexity index is 406. The lowest BCUT2D eigenvalue weighted by Gasteiger charge is -2.67. The summed E-state index contributed by atoms with van der Waals surface area (Å²) >= 11 is 0. The Balaban J connectivity index is 1.93. The van der Waals surface area contributed by atoms with Crippen molar-refractivity contribution in [3.05, 3.63) is 0 Å². The highest BCUT2D eigenvalue weighted by atomic mass is 16.6. The lowest BCUT2D eigenvalue weighted by Crippen LogP contribution is -2.66. The summed E-state index contributed by atoms with van der Waals surface area (Å²) in [6.07, 6.45) is 5.35. The van der Waals surface area contributed by atoms with Gasteiger partial charge in [-0.1, -0.05) is 13.8 Å². The molecule has 0 saturated heterocycles. The van der Waals surface area contributed by atoms with Crippen LogP contribution in [0.25, 0.3) is 0 Å². The van der Waals surface area contributed by atoms with E-state index < -0.39 is 16.6 Å². The predicted molar refractivity (Wildman–Crippen MR) is 77.1 cm³/mol. The Morgan fingerprint density at radius 2 is 1.45 bits per heavy atom. The van der Waals surface area contributed by atoms with Crippen LogP contribution in [0, 0.1) is 16.2 Å². The molecule has 2 atom stereocenters. The number of hydrogen-bond acceptors (Lipinski definition) is 3. The van der Waals surface area contributed by atoms with Gasteiger partial charge in [0.05, 0.1) is 11.0 Å². The lowest BCUT2D eigenvalue weighted by molar-refractivity contribution is -0.263. The minimum Gasteiger partial charge on any atom is -0.459 e. The van der Waals surface area contributed by atoms with Crippen molar-refractivity contribution in [3.63, 3.8) is 0 Å². The van der Waals surface area contributed by atoms with Crippen LogP contribution in [-0.2, 0) is 9.53 Å². The summed E-state index contributed by atoms with van der Waals surface area (Å²) in [6, 6.07) is 0. The van der Waals surface area contributed by atoms with Gasteiger partial charge in [-0.05, 0) is 63.7 Å². The molecule has 4 rings (SSSR count). The standard InChI is InChI=1S/C17H28O3/c1-13(2,3)12(18)20-17-9-14(4)6-15(5,10-17)8-16(19,7-14)11-17/h19H,6-11H2,1-5H3. The van der Waals surface area contributed by atoms with Crippen LogP contribution in [-0.4, -0.2) is 22.3 Å². The van der Waals surface area contributed by atoms with E-state index in [1.165, 1.54) is 0 Å². The van der Waals surface area contributed by atoms with Crippen LogP contribution in [0.3, 0.4) is 0 Å². The third-order valence-corrected chi connectivity index (χ3v) is 5.44. The molecule has 2 unspecified atom stereocenters. The highest BCUT2D eigenvalue weighted by Crippen LogP contribution is 2.68. The fourth-order valence-corrected chi connectivity index (χ4v) is 5.98. The van der Waals surface area contributed by atoms with Gasteiger partial charge in [0.15, 0.2) is 0 Å². The zero-order valence-corrected chi connectivity index (χ0v) is 13.5. The fourth-order valence-electron chi connectivity index (χ4n) is 5.98. The first-order valence-corrected chi connectivity index (χ1v) is 7.83. The molecule has 4 fully saturated rings. The zero-order valence-electron chi connectivity index (χ0n) is 13.5. The van der Waals surface area contributed by atoms with Crippen molar-refractivity contribution >= 4 is 5.97 Å². The van der Waals surface area contributed by atoms with E-state index in [4.69, 9.17) is 4.74 Å². The topological polar surface area (TPSA) is 46.5 Å². The van der Waals surface area contributed by atoms with E-state index in [-0.39, 0.29) is 16.8 Å². The zero-order chi connectivity index (χ0) is 15.0. The van der Waals surface area contributed by atoms with E-state index in [1.54, 1.807) is 0 Å². The average Bonchev–Trinajstić information content (AvgIpc) is 2.05. The molecule has 0 aromatic heterocycles. The van der Waals surface area contributed by atoms with E-state index in [0.717, 1.165) is 32.1 Å². The lowest BCUT2D eigenvalue weighted by atomic mass is 9.42. The second-order valence-electron chi connectivity index (χ2n) is 9.73. The van der Waals surface area contributed by atoms with E-state index >= 15 is 0 Å². The second-order valence-corrected chi connectivity index (χ2v) is 9.73. The van der Waals surface area contributed by atoms with Crippen LogP contribution in [0.2, 0.25) is 0 Å². The molecule has 4 bridgehead atoms. The van der Waals surface area contributed by atoms with E-state index in [1.807, 2.05) is 20.8 Å². The van der Waals surface area contributed by atoms with Crippen molar-refractivity contribution in [3.8, 4) is 0 Å². The van der Waals surface area contributed by atoms with E-state index in [2.05, 4.69) is 13.8 Å². The number of carbonyl (C=O) groups is 1. The van der Waals surface area contributed by atoms with Crippen molar-refractivity contribution in [1.82, 2.24) is 0 Å².